The van der Waals surface area contributed by atoms with Gasteiger partial charge >= 0.3 is 0 Å². The van der Waals surface area contributed by atoms with Crippen molar-refractivity contribution in [1.29, 1.82) is 0 Å². The molecule has 0 amide bonds. The van der Waals surface area contributed by atoms with Crippen LogP contribution in [-0.4, -0.2) is 33.7 Å². The van der Waals surface area contributed by atoms with Crippen LogP contribution in [0.4, 0.5) is 0 Å². The number of aliphatic hydroxyl groups is 2. The number of hydrogen-bond acceptors (Lipinski definition) is 4. The maximum Gasteiger partial charge on any atom is 0.291 e. The third kappa shape index (κ3) is 594. The van der Waals surface area contributed by atoms with Crippen LogP contribution >= 0.6 is 0 Å². The maximum atomic E-state index is 8.36. The Morgan fingerprint density at radius 2 is 1.44 bits per heavy atom. The zero-order valence-electron chi connectivity index (χ0n) is 4.32. The fourth-order valence-corrected chi connectivity index (χ4v) is 0. The molecule has 1 radical (unpaired) electrons. The van der Waals surface area contributed by atoms with Crippen molar-refractivity contribution in [1.82, 2.24) is 0 Å². The third-order valence-electron chi connectivity index (χ3n) is 0.1000. The Kier molecular flexibility index (Phi) is 27.6. The van der Waals surface area contributed by atoms with Crippen molar-refractivity contribution >= 4 is 0 Å². The van der Waals surface area contributed by atoms with Crippen LogP contribution in [0.5, 0.6) is 0 Å². The third-order valence-corrected chi connectivity index (χ3v) is 0.1000. The molecule has 0 aliphatic heterocycles. The molecule has 0 aliphatic rings. The van der Waals surface area contributed by atoms with E-state index in [2.05, 4.69) is 0 Å². The van der Waals surface area contributed by atoms with Gasteiger partial charge in [0.25, 0.3) is 5.09 Å². The number of hydrogen-bond donors (Lipinski definition) is 3. The minimum absolute atomic E-state index is 0. The van der Waals surface area contributed by atoms with E-state index in [1.807, 2.05) is 0 Å². The molecule has 61 valence electrons. The standard InChI is InChI=1S/C2H6O2.Cu.HNO3/c3-1-2-4;;2-1(3)4/h3-4H,1-2H2;;(H,2,3,4). The summed E-state index contributed by atoms with van der Waals surface area (Å²) in [5.41, 5.74) is 0. The van der Waals surface area contributed by atoms with Gasteiger partial charge in [0.05, 0.1) is 13.2 Å². The Morgan fingerprint density at radius 1 is 1.33 bits per heavy atom. The van der Waals surface area contributed by atoms with Crippen LogP contribution in [0.3, 0.4) is 0 Å². The first kappa shape index (κ1) is 15.9. The van der Waals surface area contributed by atoms with Gasteiger partial charge in [-0.1, -0.05) is 0 Å². The average molecular weight is 189 g/mol. The minimum atomic E-state index is -1.50. The first-order valence-electron chi connectivity index (χ1n) is 1.70. The van der Waals surface area contributed by atoms with Crippen molar-refractivity contribution in [2.24, 2.45) is 0 Å². The van der Waals surface area contributed by atoms with Crippen molar-refractivity contribution < 1.29 is 37.6 Å². The molecule has 9 heavy (non-hydrogen) atoms. The van der Waals surface area contributed by atoms with Crippen molar-refractivity contribution in [3.8, 4) is 0 Å². The molecule has 0 heterocycles. The fraction of sp³-hybridized carbons (Fsp3) is 1.00. The maximum absolute atomic E-state index is 8.36. The van der Waals surface area contributed by atoms with Crippen molar-refractivity contribution in [3.63, 3.8) is 0 Å². The Bertz CT molecular complexity index is 52.9. The van der Waals surface area contributed by atoms with Gasteiger partial charge in [-0.15, -0.1) is 10.1 Å². The summed E-state index contributed by atoms with van der Waals surface area (Å²) in [6, 6.07) is 0. The summed E-state index contributed by atoms with van der Waals surface area (Å²) in [6.07, 6.45) is 0. The molecule has 3 N–H and O–H groups in total. The second-order valence-electron chi connectivity index (χ2n) is 0.685. The van der Waals surface area contributed by atoms with Crippen LogP contribution in [0, 0.1) is 10.1 Å². The largest absolute Gasteiger partial charge is 0.394 e. The molecule has 0 atom stereocenters. The average Bonchev–Trinajstić information content (AvgIpc) is 1.65. The first-order chi connectivity index (χ1) is 3.65. The molecule has 0 aromatic carbocycles. The van der Waals surface area contributed by atoms with Crippen LogP contribution in [0.15, 0.2) is 0 Å². The topological polar surface area (TPSA) is 104 Å². The Balaban J connectivity index is -0.0000000720. The van der Waals surface area contributed by atoms with Crippen LogP contribution in [0.2, 0.25) is 0 Å². The molecule has 0 saturated heterocycles. The second-order valence-corrected chi connectivity index (χ2v) is 0.685. The van der Waals surface area contributed by atoms with Gasteiger partial charge in [-0.25, -0.2) is 0 Å². The molecule has 0 saturated carbocycles. The van der Waals surface area contributed by atoms with Gasteiger partial charge in [0.15, 0.2) is 0 Å². The Morgan fingerprint density at radius 3 is 1.44 bits per heavy atom. The molecule has 0 bridgehead atoms. The normalized spacial score (nSPS) is 6.00. The monoisotopic (exact) mass is 188 g/mol. The molecule has 7 heteroatoms. The SMILES string of the molecule is O=[N+]([O-])O.OCCO.[Cu]. The predicted molar refractivity (Wildman–Crippen MR) is 23.0 cm³/mol. The zero-order chi connectivity index (χ0) is 6.99. The number of rotatable bonds is 1. The van der Waals surface area contributed by atoms with Crippen LogP contribution in [-0.2, 0) is 17.1 Å². The first-order valence-corrected chi connectivity index (χ1v) is 1.70. The molecule has 0 aliphatic carbocycles. The van der Waals surface area contributed by atoms with Gasteiger partial charge in [-0.05, 0) is 0 Å². The summed E-state index contributed by atoms with van der Waals surface area (Å²) in [5.74, 6) is 0. The van der Waals surface area contributed by atoms with Crippen LogP contribution < -0.4 is 0 Å². The molecule has 0 unspecified atom stereocenters. The summed E-state index contributed by atoms with van der Waals surface area (Å²) in [5, 5.41) is 28.9. The van der Waals surface area contributed by atoms with E-state index in [-0.39, 0.29) is 30.3 Å². The zero-order valence-corrected chi connectivity index (χ0v) is 5.26. The molecular weight excluding hydrogens is 182 g/mol. The summed E-state index contributed by atoms with van der Waals surface area (Å²) < 4.78 is 0. The van der Waals surface area contributed by atoms with E-state index in [4.69, 9.17) is 25.5 Å². The van der Waals surface area contributed by atoms with E-state index < -0.39 is 5.09 Å². The summed E-state index contributed by atoms with van der Waals surface area (Å²) in [4.78, 5) is 8.36. The van der Waals surface area contributed by atoms with Gasteiger partial charge in [-0.2, -0.15) is 0 Å². The Hall–Kier alpha value is -0.361. The fourth-order valence-electron chi connectivity index (χ4n) is 0. The second kappa shape index (κ2) is 15.6. The summed E-state index contributed by atoms with van der Waals surface area (Å²) in [7, 11) is 0. The number of aliphatic hydroxyl groups excluding tert-OH is 2. The molecule has 0 aromatic heterocycles. The Labute approximate surface area is 61.7 Å². The van der Waals surface area contributed by atoms with E-state index in [0.29, 0.717) is 0 Å². The van der Waals surface area contributed by atoms with Gasteiger partial charge in [0.1, 0.15) is 0 Å². The van der Waals surface area contributed by atoms with Gasteiger partial charge < -0.3 is 15.4 Å². The van der Waals surface area contributed by atoms with Gasteiger partial charge in [-0.3, -0.25) is 0 Å². The van der Waals surface area contributed by atoms with E-state index >= 15 is 0 Å². The van der Waals surface area contributed by atoms with Crippen LogP contribution in [0.25, 0.3) is 0 Å². The molecule has 0 fully saturated rings. The number of nitrogens with zero attached hydrogens (tertiary/aromatic N) is 1. The van der Waals surface area contributed by atoms with Gasteiger partial charge in [0, 0.05) is 17.1 Å². The van der Waals surface area contributed by atoms with E-state index in [9.17, 15) is 0 Å². The summed E-state index contributed by atoms with van der Waals surface area (Å²) in [6.45, 7) is -0.250. The summed E-state index contributed by atoms with van der Waals surface area (Å²) >= 11 is 0. The van der Waals surface area contributed by atoms with Crippen molar-refractivity contribution in [2.75, 3.05) is 13.2 Å². The smallest absolute Gasteiger partial charge is 0.291 e. The predicted octanol–water partition coefficient (Wildman–Crippen LogP) is -1.38. The molecular formula is C2H7CuNO5. The van der Waals surface area contributed by atoms with Crippen molar-refractivity contribution in [2.45, 2.75) is 0 Å². The molecule has 6 nitrogen and oxygen atoms in total. The van der Waals surface area contributed by atoms with Crippen LogP contribution in [0.1, 0.15) is 0 Å². The van der Waals surface area contributed by atoms with E-state index in [1.54, 1.807) is 0 Å². The van der Waals surface area contributed by atoms with Gasteiger partial charge in [0.2, 0.25) is 0 Å². The molecule has 0 rings (SSSR count). The molecule has 0 spiro atoms. The molecule has 0 aromatic rings. The minimum Gasteiger partial charge on any atom is -0.394 e. The van der Waals surface area contributed by atoms with E-state index in [0.717, 1.165) is 0 Å². The quantitative estimate of drug-likeness (QED) is 0.267. The van der Waals surface area contributed by atoms with E-state index in [1.165, 1.54) is 0 Å². The van der Waals surface area contributed by atoms with Crippen molar-refractivity contribution in [3.05, 3.63) is 10.1 Å².